The Morgan fingerprint density at radius 3 is 2.31 bits per heavy atom. The van der Waals surface area contributed by atoms with Crippen LogP contribution in [0.4, 0.5) is 17.1 Å². The second-order valence-electron chi connectivity index (χ2n) is 2.60. The van der Waals surface area contributed by atoms with E-state index in [9.17, 15) is 25.4 Å². The number of hydrogen-bond donors (Lipinski definition) is 0. The molecular weight excluding hydrogens is 333 g/mol. The monoisotopic (exact) mass is 339 g/mol. The maximum absolute atomic E-state index is 11.3. The van der Waals surface area contributed by atoms with Gasteiger partial charge in [0, 0.05) is 0 Å². The van der Waals surface area contributed by atoms with Gasteiger partial charge in [0.1, 0.15) is 0 Å². The van der Waals surface area contributed by atoms with Crippen molar-refractivity contribution in [2.45, 2.75) is 0 Å². The Balaban J connectivity index is 3.30. The third-order valence-electron chi connectivity index (χ3n) is 1.71. The van der Waals surface area contributed by atoms with Crippen molar-refractivity contribution < 1.29 is 31.3 Å². The molecule has 9 heteroatoms. The van der Waals surface area contributed by atoms with Gasteiger partial charge in [0.15, 0.2) is 0 Å². The standard InChI is InChI=1S/C7H6IN3O5/c1-8-9(12)6-3-2-5(10(13)14)4-7(6)11(15)16/h2-4H,1H3/q-2. The molecular formula is C7H6IN3O5-2. The van der Waals surface area contributed by atoms with Crippen molar-refractivity contribution in [3.05, 3.63) is 43.6 Å². The van der Waals surface area contributed by atoms with Gasteiger partial charge in [-0.2, -0.15) is 0 Å². The molecule has 0 atom stereocenters. The molecule has 1 rings (SSSR count). The van der Waals surface area contributed by atoms with Crippen LogP contribution in [-0.4, -0.2) is 14.8 Å². The van der Waals surface area contributed by atoms with E-state index in [-0.39, 0.29) is 5.69 Å². The van der Waals surface area contributed by atoms with Gasteiger partial charge >= 0.3 is 100 Å². The zero-order valence-corrected chi connectivity index (χ0v) is 10.2. The van der Waals surface area contributed by atoms with Crippen LogP contribution in [0.2, 0.25) is 0 Å². The molecule has 0 saturated carbocycles. The van der Waals surface area contributed by atoms with Crippen LogP contribution in [-0.2, 0) is 0 Å². The Morgan fingerprint density at radius 2 is 1.88 bits per heavy atom. The predicted octanol–water partition coefficient (Wildman–Crippen LogP) is -1.56. The van der Waals surface area contributed by atoms with Gasteiger partial charge in [-0.25, -0.2) is 0 Å². The molecule has 0 amide bonds. The first-order chi connectivity index (χ1) is 7.47. The van der Waals surface area contributed by atoms with Gasteiger partial charge in [-0.15, -0.1) is 0 Å². The number of rotatable bonds is 4. The van der Waals surface area contributed by atoms with Gasteiger partial charge in [0.2, 0.25) is 0 Å². The van der Waals surface area contributed by atoms with E-state index < -0.39 is 42.7 Å². The van der Waals surface area contributed by atoms with Crippen LogP contribution in [0.15, 0.2) is 18.2 Å². The number of anilines is 1. The topological polar surface area (TPSA) is 113 Å². The molecule has 0 unspecified atom stereocenters. The van der Waals surface area contributed by atoms with Crippen molar-refractivity contribution in [3.8, 4) is 0 Å². The summed E-state index contributed by atoms with van der Waals surface area (Å²) >= 11 is -0.899. The van der Waals surface area contributed by atoms with Crippen LogP contribution in [0.25, 0.3) is 0 Å². The SMILES string of the molecule is C[I-]N([O-])c1ccc([N+](=O)[O-])cc1[N+](=O)[O-]. The average Bonchev–Trinajstić information content (AvgIpc) is 2.26. The Morgan fingerprint density at radius 1 is 1.25 bits per heavy atom. The number of nitro groups is 2. The van der Waals surface area contributed by atoms with E-state index in [1.807, 2.05) is 0 Å². The number of nitro benzene ring substituents is 2. The normalized spacial score (nSPS) is 10.1. The molecule has 0 saturated heterocycles. The summed E-state index contributed by atoms with van der Waals surface area (Å²) in [5, 5.41) is 32.4. The van der Waals surface area contributed by atoms with E-state index in [1.54, 1.807) is 4.93 Å². The fourth-order valence-electron chi connectivity index (χ4n) is 1.01. The minimum atomic E-state index is -0.899. The predicted molar refractivity (Wildman–Crippen MR) is 51.5 cm³/mol. The molecule has 16 heavy (non-hydrogen) atoms. The summed E-state index contributed by atoms with van der Waals surface area (Å²) < 4.78 is 0.515. The minimum absolute atomic E-state index is 0.133. The van der Waals surface area contributed by atoms with Gasteiger partial charge < -0.3 is 0 Å². The van der Waals surface area contributed by atoms with E-state index in [0.717, 1.165) is 18.2 Å². The summed E-state index contributed by atoms with van der Waals surface area (Å²) in [5.41, 5.74) is -1.07. The molecule has 0 aliphatic heterocycles. The van der Waals surface area contributed by atoms with Crippen molar-refractivity contribution >= 4 is 17.1 Å². The fraction of sp³-hybridized carbons (Fsp3) is 0.143. The zero-order valence-electron chi connectivity index (χ0n) is 7.99. The summed E-state index contributed by atoms with van der Waals surface area (Å²) in [4.78, 5) is 21.2. The Kier molecular flexibility index (Phi) is 3.95. The quantitative estimate of drug-likeness (QED) is 0.216. The second-order valence-corrected chi connectivity index (χ2v) is 4.44. The first kappa shape index (κ1) is 12.6. The molecule has 88 valence electrons. The molecule has 8 nitrogen and oxygen atoms in total. The van der Waals surface area contributed by atoms with Crippen LogP contribution < -0.4 is 24.8 Å². The Bertz CT molecular complexity index is 438. The number of hydrogen-bond acceptors (Lipinski definition) is 6. The van der Waals surface area contributed by atoms with E-state index >= 15 is 0 Å². The number of benzene rings is 1. The van der Waals surface area contributed by atoms with Crippen molar-refractivity contribution in [2.75, 3.05) is 8.21 Å². The number of halogens is 1. The van der Waals surface area contributed by atoms with Crippen molar-refractivity contribution in [3.63, 3.8) is 0 Å². The van der Waals surface area contributed by atoms with Crippen LogP contribution in [0.3, 0.4) is 0 Å². The number of non-ortho nitro benzene ring substituents is 1. The van der Waals surface area contributed by atoms with Crippen LogP contribution >= 0.6 is 0 Å². The first-order valence-corrected chi connectivity index (χ1v) is 6.99. The molecule has 0 spiro atoms. The average molecular weight is 339 g/mol. The van der Waals surface area contributed by atoms with Gasteiger partial charge in [0.25, 0.3) is 0 Å². The molecule has 0 bridgehead atoms. The van der Waals surface area contributed by atoms with Gasteiger partial charge in [-0.3, -0.25) is 0 Å². The van der Waals surface area contributed by atoms with E-state index in [0.29, 0.717) is 3.28 Å². The van der Waals surface area contributed by atoms with E-state index in [1.165, 1.54) is 0 Å². The van der Waals surface area contributed by atoms with Gasteiger partial charge in [-0.05, 0) is 0 Å². The molecule has 0 aromatic heterocycles. The molecule has 0 aliphatic carbocycles. The molecule has 0 N–H and O–H groups in total. The third-order valence-corrected chi connectivity index (χ3v) is 3.11. The summed E-state index contributed by atoms with van der Waals surface area (Å²) in [7, 11) is 0. The Hall–Kier alpha value is -1.49. The van der Waals surface area contributed by atoms with Crippen LogP contribution in [0, 0.1) is 25.4 Å². The first-order valence-electron chi connectivity index (χ1n) is 3.87. The Labute approximate surface area is 100 Å². The summed E-state index contributed by atoms with van der Waals surface area (Å²) in [6.07, 6.45) is 0. The summed E-state index contributed by atoms with van der Waals surface area (Å²) in [6.45, 7) is 0. The molecule has 0 radical (unpaired) electrons. The second kappa shape index (κ2) is 5.03. The van der Waals surface area contributed by atoms with Crippen LogP contribution in [0.5, 0.6) is 0 Å². The van der Waals surface area contributed by atoms with Crippen molar-refractivity contribution in [1.29, 1.82) is 0 Å². The summed E-state index contributed by atoms with van der Waals surface area (Å²) in [6, 6.07) is 2.97. The van der Waals surface area contributed by atoms with Gasteiger partial charge in [0.05, 0.1) is 0 Å². The molecule has 0 fully saturated rings. The van der Waals surface area contributed by atoms with E-state index in [2.05, 4.69) is 0 Å². The fourth-order valence-corrected chi connectivity index (χ4v) is 1.94. The zero-order chi connectivity index (χ0) is 12.3. The number of alkyl halides is 1. The van der Waals surface area contributed by atoms with Gasteiger partial charge in [-0.1, -0.05) is 0 Å². The molecule has 0 heterocycles. The number of nitrogens with zero attached hydrogens (tertiary/aromatic N) is 3. The molecule has 1 aromatic rings. The van der Waals surface area contributed by atoms with E-state index in [4.69, 9.17) is 0 Å². The molecule has 1 aromatic carbocycles. The third kappa shape index (κ3) is 2.55. The van der Waals surface area contributed by atoms with Crippen molar-refractivity contribution in [1.82, 2.24) is 0 Å². The maximum atomic E-state index is 11.3. The van der Waals surface area contributed by atoms with Crippen LogP contribution in [0.1, 0.15) is 0 Å². The summed E-state index contributed by atoms with van der Waals surface area (Å²) in [5.74, 6) is 0. The molecule has 0 aliphatic rings. The van der Waals surface area contributed by atoms with Crippen molar-refractivity contribution in [2.24, 2.45) is 0 Å².